The predicted molar refractivity (Wildman–Crippen MR) is 143 cm³/mol. The number of ketones is 1. The van der Waals surface area contributed by atoms with Crippen LogP contribution in [0.3, 0.4) is 0 Å². The van der Waals surface area contributed by atoms with Crippen LogP contribution >= 0.6 is 0 Å². The maximum Gasteiger partial charge on any atom is 0.296 e. The van der Waals surface area contributed by atoms with Gasteiger partial charge in [0.05, 0.1) is 16.2 Å². The topological polar surface area (TPSA) is 119 Å². The van der Waals surface area contributed by atoms with Crippen molar-refractivity contribution in [3.05, 3.63) is 65.2 Å². The van der Waals surface area contributed by atoms with Gasteiger partial charge in [-0.1, -0.05) is 37.3 Å². The van der Waals surface area contributed by atoms with E-state index in [4.69, 9.17) is 0 Å². The molecule has 1 saturated heterocycles. The van der Waals surface area contributed by atoms with Crippen molar-refractivity contribution < 1.29 is 27.9 Å². The number of amides is 2. The molecule has 1 atom stereocenters. The smallest absolute Gasteiger partial charge is 0.296 e. The van der Waals surface area contributed by atoms with E-state index in [0.717, 1.165) is 4.31 Å². The number of hydrogen-bond acceptors (Lipinski definition) is 7. The highest BCUT2D eigenvalue weighted by Gasteiger charge is 2.66. The molecule has 38 heavy (non-hydrogen) atoms. The lowest BCUT2D eigenvalue weighted by atomic mass is 9.82. The van der Waals surface area contributed by atoms with Gasteiger partial charge in [0, 0.05) is 44.9 Å². The lowest BCUT2D eigenvalue weighted by Gasteiger charge is -2.35. The third kappa shape index (κ3) is 4.01. The van der Waals surface area contributed by atoms with E-state index in [1.807, 2.05) is 25.9 Å². The maximum absolute atomic E-state index is 14.3. The fourth-order valence-corrected chi connectivity index (χ4v) is 6.02. The molecule has 11 heteroatoms. The number of sulfonamides is 1. The van der Waals surface area contributed by atoms with Gasteiger partial charge in [0.1, 0.15) is 5.76 Å². The first kappa shape index (κ1) is 27.5. The molecule has 4 rings (SSSR count). The number of likely N-dealkylation sites (N-methyl/N-ethyl adjacent to an activating group) is 1. The zero-order valence-corrected chi connectivity index (χ0v) is 22.9. The molecule has 2 aromatic carbocycles. The number of anilines is 1. The number of carbonyl (C=O) groups is 3. The maximum atomic E-state index is 14.3. The summed E-state index contributed by atoms with van der Waals surface area (Å²) in [6, 6.07) is 12.4. The molecular formula is C27H32N4O6S. The van der Waals surface area contributed by atoms with Crippen molar-refractivity contribution in [2.75, 3.05) is 52.7 Å². The molecule has 1 spiro atoms. The van der Waals surface area contributed by atoms with Crippen LogP contribution in [-0.4, -0.2) is 93.1 Å². The van der Waals surface area contributed by atoms with Gasteiger partial charge in [0.25, 0.3) is 17.6 Å². The average molecular weight is 541 g/mol. The van der Waals surface area contributed by atoms with E-state index in [1.54, 1.807) is 29.2 Å². The minimum Gasteiger partial charge on any atom is -0.507 e. The summed E-state index contributed by atoms with van der Waals surface area (Å²) in [7, 11) is 2.54. The van der Waals surface area contributed by atoms with Gasteiger partial charge in [-0.15, -0.1) is 0 Å². The van der Waals surface area contributed by atoms with Crippen LogP contribution in [0.2, 0.25) is 0 Å². The molecule has 1 unspecified atom stereocenters. The van der Waals surface area contributed by atoms with Crippen molar-refractivity contribution in [3.63, 3.8) is 0 Å². The first-order chi connectivity index (χ1) is 17.9. The molecule has 1 fully saturated rings. The molecule has 0 radical (unpaired) electrons. The number of Topliss-reactive ketones (excluding diaryl/α,β-unsaturated/α-hetero) is 1. The van der Waals surface area contributed by atoms with E-state index < -0.39 is 38.9 Å². The molecule has 0 aliphatic carbocycles. The molecule has 2 heterocycles. The summed E-state index contributed by atoms with van der Waals surface area (Å²) in [6.07, 6.45) is 0.630. The molecule has 2 aliphatic rings. The van der Waals surface area contributed by atoms with E-state index in [1.165, 1.54) is 43.3 Å². The summed E-state index contributed by atoms with van der Waals surface area (Å²) in [4.78, 5) is 46.0. The fraction of sp³-hybridized carbons (Fsp3) is 0.370. The Bertz CT molecular complexity index is 1450. The van der Waals surface area contributed by atoms with Crippen LogP contribution in [0.4, 0.5) is 5.69 Å². The van der Waals surface area contributed by atoms with Gasteiger partial charge in [0.15, 0.2) is 5.54 Å². The molecular weight excluding hydrogens is 508 g/mol. The van der Waals surface area contributed by atoms with E-state index in [-0.39, 0.29) is 22.6 Å². The largest absolute Gasteiger partial charge is 0.507 e. The Labute approximate surface area is 222 Å². The van der Waals surface area contributed by atoms with E-state index in [0.29, 0.717) is 30.8 Å². The number of hydrogen-bond donors (Lipinski definition) is 1. The molecule has 0 saturated carbocycles. The first-order valence-corrected chi connectivity index (χ1v) is 13.7. The minimum atomic E-state index is -3.86. The Hall–Kier alpha value is -3.54. The number of likely N-dealkylation sites (tertiary alicyclic amines) is 1. The highest BCUT2D eigenvalue weighted by Crippen LogP contribution is 2.53. The van der Waals surface area contributed by atoms with Crippen molar-refractivity contribution >= 4 is 39.1 Å². The number of para-hydroxylation sites is 1. The summed E-state index contributed by atoms with van der Waals surface area (Å²) >= 11 is 0. The Morgan fingerprint density at radius 2 is 1.66 bits per heavy atom. The standard InChI is InChI=1S/C27H32N4O6S/c1-6-14-30-21-13-8-7-12-20(21)27(26(30)35)22(24(33)25(34)31(27)16-15-28(2)3)23(32)18-10-9-11-19(17-18)38(36,37)29(4)5/h7-13,17,32H,6,14-16H2,1-5H3. The zero-order valence-electron chi connectivity index (χ0n) is 22.1. The van der Waals surface area contributed by atoms with Crippen LogP contribution in [0.25, 0.3) is 5.76 Å². The molecule has 2 aromatic rings. The normalized spacial score (nSPS) is 20.9. The van der Waals surface area contributed by atoms with Crippen LogP contribution in [-0.2, 0) is 29.9 Å². The Morgan fingerprint density at radius 1 is 0.974 bits per heavy atom. The highest BCUT2D eigenvalue weighted by atomic mass is 32.2. The third-order valence-corrected chi connectivity index (χ3v) is 8.72. The summed E-state index contributed by atoms with van der Waals surface area (Å²) in [6.45, 7) is 2.70. The summed E-state index contributed by atoms with van der Waals surface area (Å²) in [5, 5.41) is 11.6. The molecule has 2 aliphatic heterocycles. The molecule has 2 amide bonds. The van der Waals surface area contributed by atoms with Gasteiger partial charge in [-0.05, 0) is 38.7 Å². The van der Waals surface area contributed by atoms with Crippen LogP contribution in [0.15, 0.2) is 59.0 Å². The van der Waals surface area contributed by atoms with Gasteiger partial charge in [-0.2, -0.15) is 0 Å². The summed E-state index contributed by atoms with van der Waals surface area (Å²) in [5.41, 5.74) is -1.24. The number of aliphatic hydroxyl groups is 1. The fourth-order valence-electron chi connectivity index (χ4n) is 5.07. The van der Waals surface area contributed by atoms with Gasteiger partial charge < -0.3 is 19.8 Å². The monoisotopic (exact) mass is 540 g/mol. The number of rotatable bonds is 8. The third-order valence-electron chi connectivity index (χ3n) is 6.91. The Morgan fingerprint density at radius 3 is 2.29 bits per heavy atom. The SMILES string of the molecule is CCCN1C(=O)C2(C(=C(O)c3cccc(S(=O)(=O)N(C)C)c3)C(=O)C(=O)N2CCN(C)C)c2ccccc21. The molecule has 0 aromatic heterocycles. The number of carbonyl (C=O) groups excluding carboxylic acids is 3. The van der Waals surface area contributed by atoms with Crippen LogP contribution in [0, 0.1) is 0 Å². The molecule has 1 N–H and O–H groups in total. The van der Waals surface area contributed by atoms with Gasteiger partial charge in [0.2, 0.25) is 10.0 Å². The molecule has 10 nitrogen and oxygen atoms in total. The second kappa shape index (κ2) is 9.97. The van der Waals surface area contributed by atoms with Crippen LogP contribution < -0.4 is 4.90 Å². The second-order valence-electron chi connectivity index (χ2n) is 9.81. The Kier molecular flexibility index (Phi) is 7.21. The lowest BCUT2D eigenvalue weighted by molar-refractivity contribution is -0.143. The van der Waals surface area contributed by atoms with E-state index in [9.17, 15) is 27.9 Å². The van der Waals surface area contributed by atoms with Gasteiger partial charge in [-0.25, -0.2) is 12.7 Å². The minimum absolute atomic E-state index is 0.0112. The van der Waals surface area contributed by atoms with Gasteiger partial charge in [-0.3, -0.25) is 14.4 Å². The van der Waals surface area contributed by atoms with Gasteiger partial charge >= 0.3 is 0 Å². The number of fused-ring (bicyclic) bond motifs is 2. The van der Waals surface area contributed by atoms with E-state index in [2.05, 4.69) is 0 Å². The van der Waals surface area contributed by atoms with Crippen LogP contribution in [0.1, 0.15) is 24.5 Å². The quantitative estimate of drug-likeness (QED) is 0.308. The number of benzene rings is 2. The first-order valence-electron chi connectivity index (χ1n) is 12.3. The second-order valence-corrected chi connectivity index (χ2v) is 12.0. The summed E-state index contributed by atoms with van der Waals surface area (Å²) in [5.74, 6) is -3.00. The number of nitrogens with zero attached hydrogens (tertiary/aromatic N) is 4. The van der Waals surface area contributed by atoms with E-state index >= 15 is 0 Å². The lowest BCUT2D eigenvalue weighted by Crippen LogP contribution is -2.53. The predicted octanol–water partition coefficient (Wildman–Crippen LogP) is 1.83. The molecule has 0 bridgehead atoms. The summed E-state index contributed by atoms with van der Waals surface area (Å²) < 4.78 is 26.6. The molecule has 202 valence electrons. The van der Waals surface area contributed by atoms with Crippen molar-refractivity contribution in [2.45, 2.75) is 23.8 Å². The Balaban J connectivity index is 2.04. The van der Waals surface area contributed by atoms with Crippen molar-refractivity contribution in [1.82, 2.24) is 14.1 Å². The van der Waals surface area contributed by atoms with Crippen molar-refractivity contribution in [2.24, 2.45) is 0 Å². The van der Waals surface area contributed by atoms with Crippen LogP contribution in [0.5, 0.6) is 0 Å². The zero-order chi connectivity index (χ0) is 28.0. The number of aliphatic hydroxyl groups excluding tert-OH is 1. The van der Waals surface area contributed by atoms with Crippen molar-refractivity contribution in [3.8, 4) is 0 Å². The van der Waals surface area contributed by atoms with Crippen molar-refractivity contribution in [1.29, 1.82) is 0 Å². The average Bonchev–Trinajstić information content (AvgIpc) is 3.25. The highest BCUT2D eigenvalue weighted by molar-refractivity contribution is 7.89.